The third kappa shape index (κ3) is 4.10. The van der Waals surface area contributed by atoms with Crippen molar-refractivity contribution in [1.82, 2.24) is 5.32 Å². The minimum atomic E-state index is 0.488. The molecule has 2 unspecified atom stereocenters. The van der Waals surface area contributed by atoms with Crippen molar-refractivity contribution >= 4 is 11.3 Å². The van der Waals surface area contributed by atoms with Crippen molar-refractivity contribution in [3.63, 3.8) is 0 Å². The number of hydrogen-bond donors (Lipinski definition) is 1. The normalized spacial score (nSPS) is 25.9. The molecule has 2 atom stereocenters. The summed E-state index contributed by atoms with van der Waals surface area (Å²) in [6.45, 7) is 8.25. The van der Waals surface area contributed by atoms with Crippen molar-refractivity contribution in [3.8, 4) is 0 Å². The van der Waals surface area contributed by atoms with E-state index < -0.39 is 0 Å². The van der Waals surface area contributed by atoms with Gasteiger partial charge < -0.3 is 5.32 Å². The van der Waals surface area contributed by atoms with Gasteiger partial charge in [0.05, 0.1) is 0 Å². The van der Waals surface area contributed by atoms with E-state index in [1.807, 2.05) is 0 Å². The first-order chi connectivity index (χ1) is 8.55. The molecule has 0 aliphatic heterocycles. The molecule has 1 N–H and O–H groups in total. The van der Waals surface area contributed by atoms with Gasteiger partial charge in [0.2, 0.25) is 0 Å². The first kappa shape index (κ1) is 14.1. The Morgan fingerprint density at radius 2 is 2.06 bits per heavy atom. The standard InChI is InChI=1S/C16H27NS/c1-16(2,3)14-5-4-6-15(8-7-14)17-11-13-9-10-18-12-13/h9-10,12,14-15,17H,4-8,11H2,1-3H3. The highest BCUT2D eigenvalue weighted by atomic mass is 32.1. The van der Waals surface area contributed by atoms with Crippen LogP contribution >= 0.6 is 11.3 Å². The summed E-state index contributed by atoms with van der Waals surface area (Å²) in [5.74, 6) is 0.908. The van der Waals surface area contributed by atoms with Crippen LogP contribution in [0.1, 0.15) is 58.4 Å². The second kappa shape index (κ2) is 6.21. The maximum absolute atomic E-state index is 3.74. The van der Waals surface area contributed by atoms with E-state index in [-0.39, 0.29) is 0 Å². The van der Waals surface area contributed by atoms with E-state index in [9.17, 15) is 0 Å². The van der Waals surface area contributed by atoms with Crippen LogP contribution in [0.5, 0.6) is 0 Å². The molecule has 1 aromatic heterocycles. The van der Waals surface area contributed by atoms with Crippen LogP contribution < -0.4 is 5.32 Å². The molecule has 2 heteroatoms. The van der Waals surface area contributed by atoms with Crippen LogP contribution in [0.15, 0.2) is 16.8 Å². The van der Waals surface area contributed by atoms with Crippen LogP contribution in [0.3, 0.4) is 0 Å². The van der Waals surface area contributed by atoms with E-state index in [1.165, 1.54) is 37.7 Å². The Hall–Kier alpha value is -0.340. The zero-order valence-electron chi connectivity index (χ0n) is 12.0. The van der Waals surface area contributed by atoms with Crippen molar-refractivity contribution in [1.29, 1.82) is 0 Å². The predicted octanol–water partition coefficient (Wildman–Crippen LogP) is 4.83. The molecule has 1 heterocycles. The van der Waals surface area contributed by atoms with Crippen LogP contribution in [0.2, 0.25) is 0 Å². The van der Waals surface area contributed by atoms with Gasteiger partial charge in [0, 0.05) is 12.6 Å². The van der Waals surface area contributed by atoms with Gasteiger partial charge in [0.1, 0.15) is 0 Å². The molecular formula is C16H27NS. The molecule has 18 heavy (non-hydrogen) atoms. The van der Waals surface area contributed by atoms with Crippen molar-refractivity contribution in [2.45, 2.75) is 65.5 Å². The average molecular weight is 265 g/mol. The molecule has 0 amide bonds. The summed E-state index contributed by atoms with van der Waals surface area (Å²) in [6, 6.07) is 2.96. The molecule has 1 aliphatic carbocycles. The summed E-state index contributed by atoms with van der Waals surface area (Å²) in [5, 5.41) is 8.16. The van der Waals surface area contributed by atoms with E-state index in [2.05, 4.69) is 42.9 Å². The van der Waals surface area contributed by atoms with Crippen LogP contribution in [0, 0.1) is 11.3 Å². The van der Waals surface area contributed by atoms with Crippen LogP contribution in [-0.2, 0) is 6.54 Å². The van der Waals surface area contributed by atoms with Gasteiger partial charge in [0.15, 0.2) is 0 Å². The van der Waals surface area contributed by atoms with Gasteiger partial charge in [0.25, 0.3) is 0 Å². The lowest BCUT2D eigenvalue weighted by Gasteiger charge is -2.29. The maximum atomic E-state index is 3.74. The summed E-state index contributed by atoms with van der Waals surface area (Å²) in [5.41, 5.74) is 1.93. The summed E-state index contributed by atoms with van der Waals surface area (Å²) in [4.78, 5) is 0. The third-order valence-electron chi connectivity index (χ3n) is 4.37. The molecule has 1 aromatic rings. The quantitative estimate of drug-likeness (QED) is 0.772. The van der Waals surface area contributed by atoms with Crippen LogP contribution in [0.4, 0.5) is 0 Å². The second-order valence-corrected chi connectivity index (χ2v) is 7.56. The lowest BCUT2D eigenvalue weighted by Crippen LogP contribution is -2.28. The molecule has 0 spiro atoms. The maximum Gasteiger partial charge on any atom is 0.0216 e. The van der Waals surface area contributed by atoms with E-state index >= 15 is 0 Å². The fourth-order valence-electron chi connectivity index (χ4n) is 3.03. The fraction of sp³-hybridized carbons (Fsp3) is 0.750. The first-order valence-corrected chi connectivity index (χ1v) is 8.24. The Morgan fingerprint density at radius 1 is 1.22 bits per heavy atom. The minimum Gasteiger partial charge on any atom is -0.310 e. The Morgan fingerprint density at radius 3 is 2.72 bits per heavy atom. The molecule has 102 valence electrons. The van der Waals surface area contributed by atoms with E-state index in [0.29, 0.717) is 5.41 Å². The van der Waals surface area contributed by atoms with Crippen molar-refractivity contribution in [2.24, 2.45) is 11.3 Å². The lowest BCUT2D eigenvalue weighted by molar-refractivity contribution is 0.213. The Balaban J connectivity index is 1.78. The molecule has 0 saturated heterocycles. The number of rotatable bonds is 3. The van der Waals surface area contributed by atoms with Crippen molar-refractivity contribution in [3.05, 3.63) is 22.4 Å². The Kier molecular flexibility index (Phi) is 4.85. The zero-order valence-corrected chi connectivity index (χ0v) is 12.9. The average Bonchev–Trinajstić information content (AvgIpc) is 2.69. The minimum absolute atomic E-state index is 0.488. The van der Waals surface area contributed by atoms with Crippen molar-refractivity contribution < 1.29 is 0 Å². The smallest absolute Gasteiger partial charge is 0.0216 e. The van der Waals surface area contributed by atoms with Crippen molar-refractivity contribution in [2.75, 3.05) is 0 Å². The monoisotopic (exact) mass is 265 g/mol. The third-order valence-corrected chi connectivity index (χ3v) is 5.10. The van der Waals surface area contributed by atoms with Gasteiger partial charge in [-0.05, 0) is 59.4 Å². The summed E-state index contributed by atoms with van der Waals surface area (Å²) in [7, 11) is 0. The largest absolute Gasteiger partial charge is 0.310 e. The Bertz CT molecular complexity index is 336. The lowest BCUT2D eigenvalue weighted by atomic mass is 9.76. The number of hydrogen-bond acceptors (Lipinski definition) is 2. The molecule has 1 fully saturated rings. The second-order valence-electron chi connectivity index (χ2n) is 6.78. The molecule has 0 aromatic carbocycles. The summed E-state index contributed by atoms with van der Waals surface area (Å²) >= 11 is 1.79. The SMILES string of the molecule is CC(C)(C)C1CCCC(NCc2ccsc2)CC1. The summed E-state index contributed by atoms with van der Waals surface area (Å²) in [6.07, 6.45) is 6.91. The van der Waals surface area contributed by atoms with E-state index in [1.54, 1.807) is 11.3 Å². The zero-order chi connectivity index (χ0) is 13.0. The fourth-order valence-corrected chi connectivity index (χ4v) is 3.70. The molecule has 1 aliphatic rings. The molecule has 1 nitrogen and oxygen atoms in total. The Labute approximate surface area is 116 Å². The van der Waals surface area contributed by atoms with Gasteiger partial charge in [-0.2, -0.15) is 11.3 Å². The van der Waals surface area contributed by atoms with Gasteiger partial charge >= 0.3 is 0 Å². The first-order valence-electron chi connectivity index (χ1n) is 7.30. The van der Waals surface area contributed by atoms with Gasteiger partial charge in [-0.25, -0.2) is 0 Å². The highest BCUT2D eigenvalue weighted by Crippen LogP contribution is 2.36. The van der Waals surface area contributed by atoms with Gasteiger partial charge in [-0.15, -0.1) is 0 Å². The highest BCUT2D eigenvalue weighted by Gasteiger charge is 2.27. The molecule has 1 saturated carbocycles. The van der Waals surface area contributed by atoms with Crippen LogP contribution in [-0.4, -0.2) is 6.04 Å². The van der Waals surface area contributed by atoms with Crippen LogP contribution in [0.25, 0.3) is 0 Å². The van der Waals surface area contributed by atoms with E-state index in [4.69, 9.17) is 0 Å². The van der Waals surface area contributed by atoms with Gasteiger partial charge in [-0.3, -0.25) is 0 Å². The highest BCUT2D eigenvalue weighted by molar-refractivity contribution is 7.07. The molecule has 0 radical (unpaired) electrons. The molecular weight excluding hydrogens is 238 g/mol. The summed E-state index contributed by atoms with van der Waals surface area (Å²) < 4.78 is 0. The predicted molar refractivity (Wildman–Crippen MR) is 81.0 cm³/mol. The van der Waals surface area contributed by atoms with E-state index in [0.717, 1.165) is 18.5 Å². The topological polar surface area (TPSA) is 12.0 Å². The van der Waals surface area contributed by atoms with Gasteiger partial charge in [-0.1, -0.05) is 27.2 Å². The number of nitrogens with one attached hydrogen (secondary N) is 1. The molecule has 2 rings (SSSR count). The number of thiophene rings is 1. The molecule has 0 bridgehead atoms.